The van der Waals surface area contributed by atoms with Crippen molar-refractivity contribution in [3.05, 3.63) is 59.5 Å². The van der Waals surface area contributed by atoms with Crippen molar-refractivity contribution in [2.45, 2.75) is 79.8 Å². The third-order valence-electron chi connectivity index (χ3n) is 6.93. The first-order valence-corrected chi connectivity index (χ1v) is 18.5. The minimum Gasteiger partial charge on any atom is -0.481 e. The highest BCUT2D eigenvalue weighted by Gasteiger charge is 2.28. The number of aryl methyl sites for hydroxylation is 5. The molecule has 2 atom stereocenters. The highest BCUT2D eigenvalue weighted by atomic mass is 16.5. The van der Waals surface area contributed by atoms with Crippen molar-refractivity contribution >= 4 is 23.9 Å². The molecule has 0 saturated heterocycles. The van der Waals surface area contributed by atoms with Gasteiger partial charge in [0.15, 0.2) is 0 Å². The van der Waals surface area contributed by atoms with Gasteiger partial charge < -0.3 is 24.8 Å². The van der Waals surface area contributed by atoms with Gasteiger partial charge in [0.05, 0.1) is 62.6 Å². The van der Waals surface area contributed by atoms with E-state index in [1.807, 2.05) is 27.7 Å². The maximum Gasteiger partial charge on any atom is 0.315 e. The van der Waals surface area contributed by atoms with Gasteiger partial charge >= 0.3 is 23.9 Å². The van der Waals surface area contributed by atoms with Crippen LogP contribution in [0.3, 0.4) is 0 Å². The van der Waals surface area contributed by atoms with Crippen LogP contribution in [-0.2, 0) is 83.3 Å². The highest BCUT2D eigenvalue weighted by Crippen LogP contribution is 2.23. The molecule has 60 heavy (non-hydrogen) atoms. The summed E-state index contributed by atoms with van der Waals surface area (Å²) in [7, 11) is 11.4. The number of ether oxygens (including phenoxy) is 2. The van der Waals surface area contributed by atoms with E-state index in [1.54, 1.807) is 75.6 Å². The second-order valence-electron chi connectivity index (χ2n) is 14.3. The van der Waals surface area contributed by atoms with Crippen molar-refractivity contribution in [3.8, 4) is 0 Å². The molecule has 5 aromatic heterocycles. The SMILES string of the molecule is CC(C)C.CC(C)C(C(=O)O)c1cn(C)nn1.COC(=O)C(c1cn(C)nn1)C(C)C.COC(=O)Cc1cn(C)nn1.Cn1cc(CC(=O)O)nn1.Cn1cc(CO)nn1. The van der Waals surface area contributed by atoms with Gasteiger partial charge in [0.2, 0.25) is 0 Å². The van der Waals surface area contributed by atoms with Gasteiger partial charge in [-0.15, -0.1) is 25.5 Å². The summed E-state index contributed by atoms with van der Waals surface area (Å²) >= 11 is 0. The van der Waals surface area contributed by atoms with Gasteiger partial charge in [0.1, 0.15) is 17.5 Å². The van der Waals surface area contributed by atoms with Crippen molar-refractivity contribution in [2.24, 2.45) is 53.0 Å². The zero-order valence-corrected chi connectivity index (χ0v) is 36.9. The number of hydrogen-bond acceptors (Lipinski definition) is 17. The number of carboxylic acids is 2. The standard InChI is InChI=1S/C9H15N3O2.C8H13N3O2.C6H9N3O2.C5H7N3O2.C4H7N3O.C4H10/c1-6(2)8(9(13)14-4)7-5-12(3)11-10-7;1-5(2)7(8(12)13)6-4-11(3)10-9-6;1-9-4-5(7-8-9)3-6(10)11-2;1-8-3-4(6-7-8)2-5(9)10;1-7-2-4(3-8)5-6-7;1-4(2)3/h5-6,8H,1-4H3;4-5,7H,1-3H3,(H,12,13);4H,3H2,1-2H3;3H,2H2,1H3,(H,9,10);2,8H,3H2,1H3;4H,1-3H3. The van der Waals surface area contributed by atoms with Crippen LogP contribution in [0.25, 0.3) is 0 Å². The summed E-state index contributed by atoms with van der Waals surface area (Å²) in [6.07, 6.45) is 8.42. The van der Waals surface area contributed by atoms with Gasteiger partial charge in [-0.05, 0) is 17.8 Å². The zero-order chi connectivity index (χ0) is 46.1. The van der Waals surface area contributed by atoms with Gasteiger partial charge in [-0.2, -0.15) is 0 Å². The second-order valence-corrected chi connectivity index (χ2v) is 14.3. The van der Waals surface area contributed by atoms with E-state index in [9.17, 15) is 19.2 Å². The minimum absolute atomic E-state index is 0.0224. The van der Waals surface area contributed by atoms with Gasteiger partial charge in [0, 0.05) is 60.0 Å². The van der Waals surface area contributed by atoms with Crippen LogP contribution in [0.1, 0.15) is 88.8 Å². The molecule has 0 fully saturated rings. The predicted molar refractivity (Wildman–Crippen MR) is 213 cm³/mol. The average Bonchev–Trinajstić information content (AvgIpc) is 4.01. The molecular weight excluding hydrogens is 786 g/mol. The Labute approximate surface area is 348 Å². The number of carboxylic acid groups (broad SMARTS) is 2. The molecule has 0 saturated carbocycles. The van der Waals surface area contributed by atoms with E-state index < -0.39 is 17.9 Å². The summed E-state index contributed by atoms with van der Waals surface area (Å²) in [6.45, 7) is 14.1. The van der Waals surface area contributed by atoms with Gasteiger partial charge in [-0.25, -0.2) is 0 Å². The maximum atomic E-state index is 11.5. The molecule has 5 aromatic rings. The van der Waals surface area contributed by atoms with Crippen LogP contribution in [-0.4, -0.2) is 128 Å². The van der Waals surface area contributed by atoms with Crippen molar-refractivity contribution in [2.75, 3.05) is 14.2 Å². The summed E-state index contributed by atoms with van der Waals surface area (Å²) in [5, 5.41) is 62.6. The van der Waals surface area contributed by atoms with Crippen molar-refractivity contribution in [1.29, 1.82) is 0 Å². The lowest BCUT2D eigenvalue weighted by Gasteiger charge is -2.14. The molecule has 0 bridgehead atoms. The number of aliphatic carboxylic acids is 2. The highest BCUT2D eigenvalue weighted by molar-refractivity contribution is 5.77. The Balaban J connectivity index is 0.000000716. The van der Waals surface area contributed by atoms with E-state index in [-0.39, 0.29) is 49.1 Å². The number of aromatic nitrogens is 15. The minimum atomic E-state index is -0.888. The Hall–Kier alpha value is -6.46. The van der Waals surface area contributed by atoms with E-state index >= 15 is 0 Å². The van der Waals surface area contributed by atoms with Gasteiger partial charge in [-0.1, -0.05) is 74.5 Å². The fourth-order valence-electron chi connectivity index (χ4n) is 4.43. The van der Waals surface area contributed by atoms with E-state index in [4.69, 9.17) is 20.1 Å². The number of aliphatic hydroxyl groups excluding tert-OH is 1. The molecular formula is C36H61N15O9. The summed E-state index contributed by atoms with van der Waals surface area (Å²) in [5.41, 5.74) is 2.89. The molecule has 24 heteroatoms. The van der Waals surface area contributed by atoms with E-state index in [2.05, 4.69) is 77.1 Å². The average molecular weight is 848 g/mol. The van der Waals surface area contributed by atoms with Crippen LogP contribution in [0.5, 0.6) is 0 Å². The van der Waals surface area contributed by atoms with E-state index in [0.717, 1.165) is 5.92 Å². The van der Waals surface area contributed by atoms with Gasteiger partial charge in [0.25, 0.3) is 0 Å². The molecule has 334 valence electrons. The Morgan fingerprint density at radius 1 is 0.550 bits per heavy atom. The first-order valence-electron chi connectivity index (χ1n) is 18.5. The van der Waals surface area contributed by atoms with E-state index in [0.29, 0.717) is 28.5 Å². The molecule has 0 amide bonds. The molecule has 5 heterocycles. The predicted octanol–water partition coefficient (Wildman–Crippen LogP) is 1.31. The molecule has 3 N–H and O–H groups in total. The van der Waals surface area contributed by atoms with Crippen LogP contribution >= 0.6 is 0 Å². The zero-order valence-electron chi connectivity index (χ0n) is 36.9. The van der Waals surface area contributed by atoms with Crippen LogP contribution in [0.4, 0.5) is 0 Å². The summed E-state index contributed by atoms with van der Waals surface area (Å²) in [6, 6.07) is 0. The summed E-state index contributed by atoms with van der Waals surface area (Å²) in [4.78, 5) is 43.1. The monoisotopic (exact) mass is 847 g/mol. The van der Waals surface area contributed by atoms with Crippen molar-refractivity contribution in [1.82, 2.24) is 75.0 Å². The quantitative estimate of drug-likeness (QED) is 0.158. The normalized spacial score (nSPS) is 11.2. The Kier molecular flexibility index (Phi) is 25.0. The second kappa shape index (κ2) is 28.0. The molecule has 0 aliphatic heterocycles. The van der Waals surface area contributed by atoms with Crippen LogP contribution in [0.2, 0.25) is 0 Å². The Morgan fingerprint density at radius 2 is 0.900 bits per heavy atom. The molecule has 24 nitrogen and oxygen atoms in total. The maximum absolute atomic E-state index is 11.5. The number of rotatable bonds is 11. The smallest absolute Gasteiger partial charge is 0.315 e. The Bertz CT molecular complexity index is 1980. The fourth-order valence-corrected chi connectivity index (χ4v) is 4.43. The summed E-state index contributed by atoms with van der Waals surface area (Å²) in [5.74, 6) is -2.18. The lowest BCUT2D eigenvalue weighted by atomic mass is 9.93. The topological polar surface area (TPSA) is 301 Å². The van der Waals surface area contributed by atoms with Crippen LogP contribution in [0, 0.1) is 17.8 Å². The fraction of sp³-hybridized carbons (Fsp3) is 0.611. The number of nitrogens with zero attached hydrogens (tertiary/aromatic N) is 15. The van der Waals surface area contributed by atoms with Crippen molar-refractivity contribution < 1.29 is 44.0 Å². The third kappa shape index (κ3) is 22.5. The molecule has 0 aromatic carbocycles. The number of aliphatic hydroxyl groups is 1. The molecule has 0 spiro atoms. The molecule has 0 radical (unpaired) electrons. The van der Waals surface area contributed by atoms with Crippen molar-refractivity contribution in [3.63, 3.8) is 0 Å². The van der Waals surface area contributed by atoms with E-state index in [1.165, 1.54) is 28.3 Å². The number of esters is 2. The molecule has 0 aliphatic carbocycles. The van der Waals surface area contributed by atoms with Gasteiger partial charge in [-0.3, -0.25) is 42.6 Å². The van der Waals surface area contributed by atoms with Crippen LogP contribution in [0.15, 0.2) is 31.0 Å². The first kappa shape index (κ1) is 53.5. The Morgan fingerprint density at radius 3 is 1.15 bits per heavy atom. The lowest BCUT2D eigenvalue weighted by Crippen LogP contribution is -2.20. The number of carbonyl (C=O) groups excluding carboxylic acids is 2. The lowest BCUT2D eigenvalue weighted by molar-refractivity contribution is -0.144. The van der Waals surface area contributed by atoms with Crippen LogP contribution < -0.4 is 0 Å². The largest absolute Gasteiger partial charge is 0.481 e. The molecule has 5 rings (SSSR count). The molecule has 0 aliphatic rings. The number of carbonyl (C=O) groups is 4. The first-order chi connectivity index (χ1) is 28.0. The number of hydrogen-bond donors (Lipinski definition) is 3. The third-order valence-corrected chi connectivity index (χ3v) is 6.93. The number of methoxy groups -OCH3 is 2. The summed E-state index contributed by atoms with van der Waals surface area (Å²) < 4.78 is 16.8. The molecule has 2 unspecified atom stereocenters.